The summed E-state index contributed by atoms with van der Waals surface area (Å²) in [5.41, 5.74) is 0. The average molecular weight is 182 g/mol. The molecule has 2 aliphatic rings. The monoisotopic (exact) mass is 182 g/mol. The number of hydrogen-bond acceptors (Lipinski definition) is 2. The van der Waals surface area contributed by atoms with Gasteiger partial charge in [-0.2, -0.15) is 0 Å². The molecule has 0 spiro atoms. The zero-order chi connectivity index (χ0) is 9.26. The van der Waals surface area contributed by atoms with Crippen LogP contribution in [0.15, 0.2) is 0 Å². The van der Waals surface area contributed by atoms with E-state index in [-0.39, 0.29) is 0 Å². The molecular weight excluding hydrogens is 160 g/mol. The summed E-state index contributed by atoms with van der Waals surface area (Å²) in [5.74, 6) is 0.835. The summed E-state index contributed by atoms with van der Waals surface area (Å²) in [7, 11) is 0. The third kappa shape index (κ3) is 1.89. The molecule has 1 N–H and O–H groups in total. The Labute approximate surface area is 81.7 Å². The maximum atomic E-state index is 3.70. The topological polar surface area (TPSA) is 15.3 Å². The number of rotatable bonds is 2. The van der Waals surface area contributed by atoms with E-state index < -0.39 is 0 Å². The van der Waals surface area contributed by atoms with Crippen molar-refractivity contribution in [3.8, 4) is 0 Å². The lowest BCUT2D eigenvalue weighted by molar-refractivity contribution is 0.145. The fourth-order valence-corrected chi connectivity index (χ4v) is 2.64. The Hall–Kier alpha value is -0.0800. The van der Waals surface area contributed by atoms with Crippen molar-refractivity contribution >= 4 is 0 Å². The van der Waals surface area contributed by atoms with Crippen molar-refractivity contribution in [3.63, 3.8) is 0 Å². The highest BCUT2D eigenvalue weighted by molar-refractivity contribution is 4.91. The van der Waals surface area contributed by atoms with E-state index >= 15 is 0 Å². The summed E-state index contributed by atoms with van der Waals surface area (Å²) in [5, 5.41) is 3.70. The van der Waals surface area contributed by atoms with Crippen molar-refractivity contribution in [1.82, 2.24) is 10.2 Å². The van der Waals surface area contributed by atoms with Gasteiger partial charge in [0.15, 0.2) is 0 Å². The molecule has 0 amide bonds. The first kappa shape index (κ1) is 9.47. The van der Waals surface area contributed by atoms with E-state index in [2.05, 4.69) is 24.1 Å². The first-order chi connectivity index (χ1) is 6.31. The van der Waals surface area contributed by atoms with Gasteiger partial charge in [-0.15, -0.1) is 0 Å². The zero-order valence-corrected chi connectivity index (χ0v) is 8.92. The van der Waals surface area contributed by atoms with Gasteiger partial charge in [0.1, 0.15) is 0 Å². The smallest absolute Gasteiger partial charge is 0.0221 e. The molecule has 3 atom stereocenters. The Morgan fingerprint density at radius 1 is 1.54 bits per heavy atom. The van der Waals surface area contributed by atoms with Gasteiger partial charge < -0.3 is 5.32 Å². The Bertz CT molecular complexity index is 169. The van der Waals surface area contributed by atoms with E-state index in [0.717, 1.165) is 18.0 Å². The molecule has 0 radical (unpaired) electrons. The maximum absolute atomic E-state index is 3.70. The highest BCUT2D eigenvalue weighted by Crippen LogP contribution is 2.22. The molecule has 0 saturated carbocycles. The summed E-state index contributed by atoms with van der Waals surface area (Å²) >= 11 is 0. The third-order valence-electron chi connectivity index (χ3n) is 3.88. The van der Waals surface area contributed by atoms with Crippen LogP contribution in [0.3, 0.4) is 0 Å². The third-order valence-corrected chi connectivity index (χ3v) is 3.88. The van der Waals surface area contributed by atoms with Gasteiger partial charge in [0.05, 0.1) is 0 Å². The number of hydrogen-bond donors (Lipinski definition) is 1. The minimum atomic E-state index is 0.749. The summed E-state index contributed by atoms with van der Waals surface area (Å²) in [6.07, 6.45) is 4.13. The molecule has 2 fully saturated rings. The second-order valence-corrected chi connectivity index (χ2v) is 4.69. The van der Waals surface area contributed by atoms with Gasteiger partial charge >= 0.3 is 0 Å². The average Bonchev–Trinajstić information content (AvgIpc) is 2.63. The molecule has 2 heterocycles. The van der Waals surface area contributed by atoms with Crippen LogP contribution >= 0.6 is 0 Å². The summed E-state index contributed by atoms with van der Waals surface area (Å²) in [4.78, 5) is 2.69. The van der Waals surface area contributed by atoms with Crippen LogP contribution in [0.2, 0.25) is 0 Å². The Morgan fingerprint density at radius 2 is 2.38 bits per heavy atom. The summed E-state index contributed by atoms with van der Waals surface area (Å²) < 4.78 is 0. The number of nitrogens with zero attached hydrogens (tertiary/aromatic N) is 1. The summed E-state index contributed by atoms with van der Waals surface area (Å²) in [6, 6.07) is 1.61. The van der Waals surface area contributed by atoms with E-state index in [1.165, 1.54) is 38.9 Å². The first-order valence-electron chi connectivity index (χ1n) is 5.78. The van der Waals surface area contributed by atoms with Crippen molar-refractivity contribution in [2.24, 2.45) is 5.92 Å². The molecule has 2 aliphatic heterocycles. The minimum Gasteiger partial charge on any atom is -0.311 e. The van der Waals surface area contributed by atoms with Crippen molar-refractivity contribution in [3.05, 3.63) is 0 Å². The molecule has 0 aromatic heterocycles. The van der Waals surface area contributed by atoms with Crippen molar-refractivity contribution in [2.45, 2.75) is 45.2 Å². The molecule has 2 saturated heterocycles. The number of fused-ring (bicyclic) bond motifs is 1. The van der Waals surface area contributed by atoms with E-state index in [9.17, 15) is 0 Å². The van der Waals surface area contributed by atoms with Gasteiger partial charge in [0.25, 0.3) is 0 Å². The predicted molar refractivity (Wildman–Crippen MR) is 55.8 cm³/mol. The van der Waals surface area contributed by atoms with Crippen LogP contribution in [0.5, 0.6) is 0 Å². The molecule has 2 nitrogen and oxygen atoms in total. The molecule has 13 heavy (non-hydrogen) atoms. The normalized spacial score (nSPS) is 37.4. The van der Waals surface area contributed by atoms with Crippen LogP contribution in [-0.4, -0.2) is 36.6 Å². The number of piperazine rings is 1. The molecule has 0 aromatic rings. The van der Waals surface area contributed by atoms with Crippen LogP contribution in [0.1, 0.15) is 33.1 Å². The van der Waals surface area contributed by atoms with Crippen molar-refractivity contribution < 1.29 is 0 Å². The number of nitrogens with one attached hydrogen (secondary N) is 1. The highest BCUT2D eigenvalue weighted by atomic mass is 15.2. The predicted octanol–water partition coefficient (Wildman–Crippen LogP) is 1.47. The second-order valence-electron chi connectivity index (χ2n) is 4.69. The van der Waals surface area contributed by atoms with Gasteiger partial charge in [0.2, 0.25) is 0 Å². The minimum absolute atomic E-state index is 0.749. The molecule has 0 aliphatic carbocycles. The first-order valence-corrected chi connectivity index (χ1v) is 5.78. The zero-order valence-electron chi connectivity index (χ0n) is 8.92. The largest absolute Gasteiger partial charge is 0.311 e. The SMILES string of the molecule is CC[C@H](C)[C@H]1CN2CCC[C@@H]2CN1. The van der Waals surface area contributed by atoms with Crippen LogP contribution in [-0.2, 0) is 0 Å². The van der Waals surface area contributed by atoms with Crippen LogP contribution in [0, 0.1) is 5.92 Å². The van der Waals surface area contributed by atoms with E-state index in [0.29, 0.717) is 0 Å². The van der Waals surface area contributed by atoms with Crippen molar-refractivity contribution in [1.29, 1.82) is 0 Å². The standard InChI is InChI=1S/C11H22N2/c1-3-9(2)11-8-13-6-4-5-10(13)7-12-11/h9-12H,3-8H2,1-2H3/t9-,10+,11+/m0/s1. The molecule has 76 valence electrons. The van der Waals surface area contributed by atoms with E-state index in [1.807, 2.05) is 0 Å². The molecule has 2 rings (SSSR count). The maximum Gasteiger partial charge on any atom is 0.0221 e. The lowest BCUT2D eigenvalue weighted by atomic mass is 9.96. The quantitative estimate of drug-likeness (QED) is 0.695. The van der Waals surface area contributed by atoms with Crippen LogP contribution in [0.4, 0.5) is 0 Å². The van der Waals surface area contributed by atoms with Gasteiger partial charge in [-0.1, -0.05) is 20.3 Å². The highest BCUT2D eigenvalue weighted by Gasteiger charge is 2.32. The van der Waals surface area contributed by atoms with Gasteiger partial charge in [-0.25, -0.2) is 0 Å². The lowest BCUT2D eigenvalue weighted by Crippen LogP contribution is -2.55. The Balaban J connectivity index is 1.89. The molecule has 0 bridgehead atoms. The lowest BCUT2D eigenvalue weighted by Gasteiger charge is -2.38. The van der Waals surface area contributed by atoms with Crippen molar-refractivity contribution in [2.75, 3.05) is 19.6 Å². The molecule has 0 unspecified atom stereocenters. The van der Waals surface area contributed by atoms with Crippen LogP contribution < -0.4 is 5.32 Å². The molecule has 0 aromatic carbocycles. The fourth-order valence-electron chi connectivity index (χ4n) is 2.64. The van der Waals surface area contributed by atoms with Gasteiger partial charge in [-0.3, -0.25) is 4.90 Å². The second kappa shape index (κ2) is 3.97. The summed E-state index contributed by atoms with van der Waals surface area (Å²) in [6.45, 7) is 8.53. The fraction of sp³-hybridized carbons (Fsp3) is 1.00. The van der Waals surface area contributed by atoms with E-state index in [4.69, 9.17) is 0 Å². The van der Waals surface area contributed by atoms with Gasteiger partial charge in [-0.05, 0) is 25.3 Å². The molecule has 2 heteroatoms. The van der Waals surface area contributed by atoms with E-state index in [1.54, 1.807) is 0 Å². The van der Waals surface area contributed by atoms with Crippen LogP contribution in [0.25, 0.3) is 0 Å². The Kier molecular flexibility index (Phi) is 2.89. The Morgan fingerprint density at radius 3 is 3.15 bits per heavy atom. The van der Waals surface area contributed by atoms with Gasteiger partial charge in [0, 0.05) is 25.2 Å². The molecular formula is C11H22N2.